The van der Waals surface area contributed by atoms with Crippen LogP contribution in [-0.2, 0) is 16.3 Å². The van der Waals surface area contributed by atoms with Gasteiger partial charge >= 0.3 is 6.03 Å². The standard InChI is InChI=1S/C24H28FN5O3S/c1-4-6-19(20-7-5-8-23(27-20)34(3,32)33)28-24(31)29-16(2)9-14-21-22(29)15-26-30(21)18-12-10-17(25)11-13-18/h5,7-8,10-13,15-16,19H,4,6,9,14H2,1-3H3,(H,28,31)/t16?,19-/m0/s1. The van der Waals surface area contributed by atoms with Gasteiger partial charge in [-0.2, -0.15) is 5.10 Å². The molecule has 0 bridgehead atoms. The molecular weight excluding hydrogens is 457 g/mol. The molecule has 0 fully saturated rings. The first-order chi connectivity index (χ1) is 16.2. The Balaban J connectivity index is 1.63. The number of pyridine rings is 1. The summed E-state index contributed by atoms with van der Waals surface area (Å²) in [4.78, 5) is 19.5. The maximum absolute atomic E-state index is 13.5. The fraction of sp³-hybridized carbons (Fsp3) is 0.375. The van der Waals surface area contributed by atoms with Crippen molar-refractivity contribution in [2.24, 2.45) is 0 Å². The van der Waals surface area contributed by atoms with E-state index >= 15 is 0 Å². The van der Waals surface area contributed by atoms with Crippen molar-refractivity contribution in [3.63, 3.8) is 0 Å². The predicted octanol–water partition coefficient (Wildman–Crippen LogP) is 4.20. The summed E-state index contributed by atoms with van der Waals surface area (Å²) in [6.45, 7) is 3.98. The summed E-state index contributed by atoms with van der Waals surface area (Å²) in [6, 6.07) is 10.1. The largest absolute Gasteiger partial charge is 0.329 e. The Morgan fingerprint density at radius 2 is 1.97 bits per heavy atom. The number of fused-ring (bicyclic) bond motifs is 1. The molecule has 3 heterocycles. The molecule has 1 aliphatic rings. The molecule has 3 aromatic rings. The van der Waals surface area contributed by atoms with Gasteiger partial charge in [0.25, 0.3) is 0 Å². The molecule has 0 spiro atoms. The van der Waals surface area contributed by atoms with Crippen LogP contribution in [0.25, 0.3) is 5.69 Å². The summed E-state index contributed by atoms with van der Waals surface area (Å²) >= 11 is 0. The fourth-order valence-corrected chi connectivity index (χ4v) is 4.86. The van der Waals surface area contributed by atoms with Gasteiger partial charge < -0.3 is 5.32 Å². The van der Waals surface area contributed by atoms with Gasteiger partial charge in [0, 0.05) is 12.3 Å². The van der Waals surface area contributed by atoms with Crippen LogP contribution in [-0.4, -0.2) is 41.5 Å². The molecule has 2 amide bonds. The Bertz CT molecular complexity index is 1290. The lowest BCUT2D eigenvalue weighted by Crippen LogP contribution is -2.48. The smallest absolute Gasteiger partial charge is 0.322 e. The number of hydrogen-bond acceptors (Lipinski definition) is 5. The van der Waals surface area contributed by atoms with E-state index in [0.717, 1.165) is 36.9 Å². The summed E-state index contributed by atoms with van der Waals surface area (Å²) in [5.74, 6) is -0.324. The van der Waals surface area contributed by atoms with Gasteiger partial charge in [0.1, 0.15) is 5.82 Å². The van der Waals surface area contributed by atoms with Crippen LogP contribution in [0.1, 0.15) is 50.5 Å². The molecule has 0 aliphatic carbocycles. The molecule has 0 saturated carbocycles. The van der Waals surface area contributed by atoms with Crippen LogP contribution in [0.2, 0.25) is 0 Å². The van der Waals surface area contributed by atoms with Crippen molar-refractivity contribution in [2.75, 3.05) is 11.2 Å². The second-order valence-electron chi connectivity index (χ2n) is 8.59. The number of rotatable bonds is 6. The number of aromatic nitrogens is 3. The zero-order chi connectivity index (χ0) is 24.5. The van der Waals surface area contributed by atoms with E-state index in [1.54, 1.807) is 40.0 Å². The first-order valence-electron chi connectivity index (χ1n) is 11.3. The molecule has 34 heavy (non-hydrogen) atoms. The van der Waals surface area contributed by atoms with Crippen LogP contribution in [0.15, 0.2) is 53.7 Å². The van der Waals surface area contributed by atoms with E-state index in [1.807, 2.05) is 13.8 Å². The van der Waals surface area contributed by atoms with E-state index in [1.165, 1.54) is 18.2 Å². The van der Waals surface area contributed by atoms with Gasteiger partial charge in [0.05, 0.1) is 35.0 Å². The second-order valence-corrected chi connectivity index (χ2v) is 10.5. The lowest BCUT2D eigenvalue weighted by atomic mass is 10.0. The molecule has 4 rings (SSSR count). The molecule has 2 atom stereocenters. The van der Waals surface area contributed by atoms with Gasteiger partial charge in [-0.3, -0.25) is 4.90 Å². The van der Waals surface area contributed by atoms with Gasteiger partial charge in [0.15, 0.2) is 14.9 Å². The average molecular weight is 486 g/mol. The number of anilines is 1. The number of urea groups is 1. The van der Waals surface area contributed by atoms with Crippen molar-refractivity contribution < 1.29 is 17.6 Å². The molecule has 0 saturated heterocycles. The Morgan fingerprint density at radius 3 is 2.65 bits per heavy atom. The van der Waals surface area contributed by atoms with E-state index in [9.17, 15) is 17.6 Å². The average Bonchev–Trinajstić information content (AvgIpc) is 3.22. The highest BCUT2D eigenvalue weighted by atomic mass is 32.2. The number of carbonyl (C=O) groups excluding carboxylic acids is 1. The van der Waals surface area contributed by atoms with Crippen LogP contribution < -0.4 is 10.2 Å². The first-order valence-corrected chi connectivity index (χ1v) is 13.2. The zero-order valence-electron chi connectivity index (χ0n) is 19.4. The molecule has 180 valence electrons. The Hall–Kier alpha value is -3.27. The summed E-state index contributed by atoms with van der Waals surface area (Å²) in [7, 11) is -3.47. The van der Waals surface area contributed by atoms with Gasteiger partial charge in [-0.15, -0.1) is 0 Å². The third-order valence-electron chi connectivity index (χ3n) is 5.99. The Labute approximate surface area is 198 Å². The molecule has 1 aromatic carbocycles. The topological polar surface area (TPSA) is 97.2 Å². The summed E-state index contributed by atoms with van der Waals surface area (Å²) < 4.78 is 39.0. The van der Waals surface area contributed by atoms with Crippen molar-refractivity contribution in [1.29, 1.82) is 0 Å². The molecule has 0 radical (unpaired) electrons. The maximum atomic E-state index is 13.5. The highest BCUT2D eigenvalue weighted by Crippen LogP contribution is 2.33. The zero-order valence-corrected chi connectivity index (χ0v) is 20.2. The monoisotopic (exact) mass is 485 g/mol. The third kappa shape index (κ3) is 4.82. The highest BCUT2D eigenvalue weighted by Gasteiger charge is 2.33. The van der Waals surface area contributed by atoms with Crippen LogP contribution in [0.4, 0.5) is 14.9 Å². The molecule has 10 heteroatoms. The number of benzene rings is 1. The van der Waals surface area contributed by atoms with Gasteiger partial charge in [-0.05, 0) is 62.6 Å². The lowest BCUT2D eigenvalue weighted by molar-refractivity contribution is 0.238. The number of amides is 2. The van der Waals surface area contributed by atoms with E-state index in [0.29, 0.717) is 17.8 Å². The summed E-state index contributed by atoms with van der Waals surface area (Å²) in [5, 5.41) is 7.51. The molecule has 1 aliphatic heterocycles. The van der Waals surface area contributed by atoms with Crippen molar-refractivity contribution in [1.82, 2.24) is 20.1 Å². The van der Waals surface area contributed by atoms with Crippen LogP contribution in [0.5, 0.6) is 0 Å². The highest BCUT2D eigenvalue weighted by molar-refractivity contribution is 7.90. The number of nitrogens with one attached hydrogen (secondary N) is 1. The first kappa shape index (κ1) is 23.9. The maximum Gasteiger partial charge on any atom is 0.322 e. The number of carbonyl (C=O) groups is 1. The minimum Gasteiger partial charge on any atom is -0.329 e. The van der Waals surface area contributed by atoms with E-state index < -0.39 is 15.9 Å². The summed E-state index contributed by atoms with van der Waals surface area (Å²) in [6.07, 6.45) is 5.63. The SMILES string of the molecule is CCC[C@H](NC(=O)N1c2cnn(-c3ccc(F)cc3)c2CCC1C)c1cccc(S(C)(=O)=O)n1. The number of sulfone groups is 1. The Kier molecular flexibility index (Phi) is 6.70. The summed E-state index contributed by atoms with van der Waals surface area (Å²) in [5.41, 5.74) is 2.81. The normalized spacial score (nSPS) is 16.7. The molecule has 1 N–H and O–H groups in total. The van der Waals surface area contributed by atoms with Crippen molar-refractivity contribution in [3.8, 4) is 5.69 Å². The quantitative estimate of drug-likeness (QED) is 0.564. The predicted molar refractivity (Wildman–Crippen MR) is 127 cm³/mol. The van der Waals surface area contributed by atoms with Crippen LogP contribution in [0.3, 0.4) is 0 Å². The third-order valence-corrected chi connectivity index (χ3v) is 6.98. The molecule has 2 aromatic heterocycles. The molecule has 8 nitrogen and oxygen atoms in total. The molecule has 1 unspecified atom stereocenters. The van der Waals surface area contributed by atoms with Crippen LogP contribution in [0, 0.1) is 5.82 Å². The Morgan fingerprint density at radius 1 is 1.24 bits per heavy atom. The lowest BCUT2D eigenvalue weighted by Gasteiger charge is -2.34. The van der Waals surface area contributed by atoms with E-state index in [-0.39, 0.29) is 22.9 Å². The van der Waals surface area contributed by atoms with Crippen LogP contribution >= 0.6 is 0 Å². The molecular formula is C24H28FN5O3S. The van der Waals surface area contributed by atoms with Crippen molar-refractivity contribution in [3.05, 3.63) is 65.9 Å². The van der Waals surface area contributed by atoms with Gasteiger partial charge in [-0.1, -0.05) is 19.4 Å². The number of hydrogen-bond donors (Lipinski definition) is 1. The van der Waals surface area contributed by atoms with Crippen molar-refractivity contribution in [2.45, 2.75) is 56.6 Å². The minimum absolute atomic E-state index is 0.0189. The van der Waals surface area contributed by atoms with Gasteiger partial charge in [0.2, 0.25) is 0 Å². The number of halogens is 1. The van der Waals surface area contributed by atoms with E-state index in [2.05, 4.69) is 15.4 Å². The number of nitrogens with zero attached hydrogens (tertiary/aromatic N) is 4. The van der Waals surface area contributed by atoms with Gasteiger partial charge in [-0.25, -0.2) is 27.3 Å². The second kappa shape index (κ2) is 9.54. The van der Waals surface area contributed by atoms with E-state index in [4.69, 9.17) is 0 Å². The minimum atomic E-state index is -3.47. The van der Waals surface area contributed by atoms with Crippen molar-refractivity contribution >= 4 is 21.6 Å². The fourth-order valence-electron chi connectivity index (χ4n) is 4.26.